The summed E-state index contributed by atoms with van der Waals surface area (Å²) in [5.41, 5.74) is 1.33. The van der Waals surface area contributed by atoms with Crippen LogP contribution in [0.1, 0.15) is 25.0 Å². The molecule has 1 saturated heterocycles. The van der Waals surface area contributed by atoms with E-state index in [0.717, 1.165) is 37.2 Å². The van der Waals surface area contributed by atoms with E-state index in [1.54, 1.807) is 4.68 Å². The van der Waals surface area contributed by atoms with Crippen molar-refractivity contribution in [3.05, 3.63) is 42.2 Å². The predicted octanol–water partition coefficient (Wildman–Crippen LogP) is 1.95. The molecule has 23 heavy (non-hydrogen) atoms. The van der Waals surface area contributed by atoms with Crippen LogP contribution in [0.3, 0.4) is 0 Å². The Morgan fingerprint density at radius 3 is 2.91 bits per heavy atom. The van der Waals surface area contributed by atoms with E-state index >= 15 is 0 Å². The Hall–Kier alpha value is -2.21. The highest BCUT2D eigenvalue weighted by atomic mass is 16.4. The van der Waals surface area contributed by atoms with Gasteiger partial charge in [0.2, 0.25) is 0 Å². The van der Waals surface area contributed by atoms with Crippen LogP contribution in [0.5, 0.6) is 0 Å². The fourth-order valence-corrected chi connectivity index (χ4v) is 4.17. The summed E-state index contributed by atoms with van der Waals surface area (Å²) in [6, 6.07) is 9.87. The van der Waals surface area contributed by atoms with Crippen LogP contribution in [0.25, 0.3) is 5.69 Å². The van der Waals surface area contributed by atoms with E-state index in [2.05, 4.69) is 15.2 Å². The van der Waals surface area contributed by atoms with Crippen molar-refractivity contribution in [2.75, 3.05) is 13.1 Å². The molecule has 1 aliphatic carbocycles. The lowest BCUT2D eigenvalue weighted by atomic mass is 9.81. The van der Waals surface area contributed by atoms with E-state index in [9.17, 15) is 9.90 Å². The van der Waals surface area contributed by atoms with Crippen LogP contribution in [0.4, 0.5) is 0 Å². The number of nitrogens with zero attached hydrogens (tertiary/aromatic N) is 4. The summed E-state index contributed by atoms with van der Waals surface area (Å²) >= 11 is 0. The Balaban J connectivity index is 1.48. The number of carboxylic acids is 1. The zero-order valence-electron chi connectivity index (χ0n) is 12.9. The largest absolute Gasteiger partial charge is 0.481 e. The van der Waals surface area contributed by atoms with Gasteiger partial charge in [0.25, 0.3) is 0 Å². The summed E-state index contributed by atoms with van der Waals surface area (Å²) in [6.07, 6.45) is 4.80. The molecule has 4 rings (SSSR count). The van der Waals surface area contributed by atoms with E-state index in [1.807, 2.05) is 36.5 Å². The van der Waals surface area contributed by atoms with E-state index in [0.29, 0.717) is 13.1 Å². The van der Waals surface area contributed by atoms with Gasteiger partial charge in [-0.25, -0.2) is 4.68 Å². The molecule has 2 heterocycles. The first-order chi connectivity index (χ1) is 11.2. The normalized spacial score (nSPS) is 27.2. The topological polar surface area (TPSA) is 71.2 Å². The summed E-state index contributed by atoms with van der Waals surface area (Å²) in [5.74, 6) is -0.348. The molecule has 0 spiro atoms. The molecule has 120 valence electrons. The summed E-state index contributed by atoms with van der Waals surface area (Å²) in [5, 5.41) is 18.1. The highest BCUT2D eigenvalue weighted by molar-refractivity contribution is 5.76. The van der Waals surface area contributed by atoms with Crippen LogP contribution in [0.15, 0.2) is 36.5 Å². The SMILES string of the molecule is O=C(O)[C@@]12CCC[C@H]1CN(Cc1cn(-c3ccccc3)nn1)C2. The van der Waals surface area contributed by atoms with Gasteiger partial charge < -0.3 is 5.11 Å². The lowest BCUT2D eigenvalue weighted by Crippen LogP contribution is -2.35. The van der Waals surface area contributed by atoms with Gasteiger partial charge in [-0.3, -0.25) is 9.69 Å². The summed E-state index contributed by atoms with van der Waals surface area (Å²) in [7, 11) is 0. The van der Waals surface area contributed by atoms with Gasteiger partial charge in [-0.2, -0.15) is 0 Å². The third kappa shape index (κ3) is 2.43. The molecule has 6 heteroatoms. The van der Waals surface area contributed by atoms with Crippen molar-refractivity contribution in [1.29, 1.82) is 0 Å². The number of carboxylic acid groups (broad SMARTS) is 1. The van der Waals surface area contributed by atoms with Crippen LogP contribution in [0, 0.1) is 11.3 Å². The average molecular weight is 312 g/mol. The molecule has 1 aromatic carbocycles. The minimum atomic E-state index is -0.629. The number of para-hydroxylation sites is 1. The number of aliphatic carboxylic acids is 1. The molecular weight excluding hydrogens is 292 g/mol. The number of rotatable bonds is 4. The molecular formula is C17H20N4O2. The van der Waals surface area contributed by atoms with Gasteiger partial charge in [-0.05, 0) is 30.9 Å². The van der Waals surface area contributed by atoms with Gasteiger partial charge in [0.05, 0.1) is 23.0 Å². The number of fused-ring (bicyclic) bond motifs is 1. The minimum Gasteiger partial charge on any atom is -0.481 e. The van der Waals surface area contributed by atoms with Gasteiger partial charge >= 0.3 is 5.97 Å². The molecule has 0 radical (unpaired) electrons. The van der Waals surface area contributed by atoms with Crippen molar-refractivity contribution >= 4 is 5.97 Å². The fraction of sp³-hybridized carbons (Fsp3) is 0.471. The molecule has 2 aromatic rings. The maximum Gasteiger partial charge on any atom is 0.311 e. The monoisotopic (exact) mass is 312 g/mol. The second-order valence-corrected chi connectivity index (χ2v) is 6.71. The highest BCUT2D eigenvalue weighted by Crippen LogP contribution is 2.49. The van der Waals surface area contributed by atoms with Gasteiger partial charge in [0, 0.05) is 19.6 Å². The fourth-order valence-electron chi connectivity index (χ4n) is 4.17. The summed E-state index contributed by atoms with van der Waals surface area (Å²) in [6.45, 7) is 2.15. The number of likely N-dealkylation sites (tertiary alicyclic amines) is 1. The predicted molar refractivity (Wildman–Crippen MR) is 84.0 cm³/mol. The zero-order chi connectivity index (χ0) is 15.9. The quantitative estimate of drug-likeness (QED) is 0.934. The molecule has 1 aliphatic heterocycles. The molecule has 0 unspecified atom stereocenters. The molecule has 1 N–H and O–H groups in total. The van der Waals surface area contributed by atoms with E-state index < -0.39 is 11.4 Å². The summed E-state index contributed by atoms with van der Waals surface area (Å²) < 4.78 is 1.76. The highest BCUT2D eigenvalue weighted by Gasteiger charge is 2.54. The molecule has 2 atom stereocenters. The summed E-state index contributed by atoms with van der Waals surface area (Å²) in [4.78, 5) is 14.0. The molecule has 6 nitrogen and oxygen atoms in total. The van der Waals surface area contributed by atoms with Gasteiger partial charge in [0.1, 0.15) is 0 Å². The average Bonchev–Trinajstić information content (AvgIpc) is 3.22. The second kappa shape index (κ2) is 5.45. The number of hydrogen-bond donors (Lipinski definition) is 1. The van der Waals surface area contributed by atoms with Crippen LogP contribution >= 0.6 is 0 Å². The lowest BCUT2D eigenvalue weighted by Gasteiger charge is -2.23. The zero-order valence-corrected chi connectivity index (χ0v) is 12.9. The second-order valence-electron chi connectivity index (χ2n) is 6.71. The number of benzene rings is 1. The van der Waals surface area contributed by atoms with Gasteiger partial charge in [-0.1, -0.05) is 29.8 Å². The van der Waals surface area contributed by atoms with Gasteiger partial charge in [0.15, 0.2) is 0 Å². The molecule has 1 saturated carbocycles. The van der Waals surface area contributed by atoms with Crippen molar-refractivity contribution in [1.82, 2.24) is 19.9 Å². The van der Waals surface area contributed by atoms with E-state index in [1.165, 1.54) is 0 Å². The third-order valence-corrected chi connectivity index (χ3v) is 5.31. The van der Waals surface area contributed by atoms with Crippen molar-refractivity contribution in [2.45, 2.75) is 25.8 Å². The third-order valence-electron chi connectivity index (χ3n) is 5.31. The van der Waals surface area contributed by atoms with Gasteiger partial charge in [-0.15, -0.1) is 5.10 Å². The molecule has 2 aliphatic rings. The van der Waals surface area contributed by atoms with Crippen LogP contribution in [-0.2, 0) is 11.3 Å². The van der Waals surface area contributed by atoms with Crippen LogP contribution in [0.2, 0.25) is 0 Å². The first kappa shape index (κ1) is 14.4. The smallest absolute Gasteiger partial charge is 0.311 e. The first-order valence-electron chi connectivity index (χ1n) is 8.10. The first-order valence-corrected chi connectivity index (χ1v) is 8.10. The van der Waals surface area contributed by atoms with Crippen molar-refractivity contribution < 1.29 is 9.90 Å². The number of aromatic nitrogens is 3. The Morgan fingerprint density at radius 2 is 2.17 bits per heavy atom. The van der Waals surface area contributed by atoms with Crippen molar-refractivity contribution in [2.24, 2.45) is 11.3 Å². The minimum absolute atomic E-state index is 0.282. The van der Waals surface area contributed by atoms with Crippen LogP contribution in [-0.4, -0.2) is 44.1 Å². The standard InChI is InChI=1S/C17H20N4O2/c22-16(23)17-8-4-5-13(17)9-20(12-17)10-14-11-21(19-18-14)15-6-2-1-3-7-15/h1-3,6-7,11,13H,4-5,8-10,12H2,(H,22,23)/t13-,17+/m0/s1. The number of carbonyl (C=O) groups is 1. The van der Waals surface area contributed by atoms with Crippen LogP contribution < -0.4 is 0 Å². The molecule has 0 bridgehead atoms. The molecule has 1 aromatic heterocycles. The Morgan fingerprint density at radius 1 is 1.35 bits per heavy atom. The molecule has 2 fully saturated rings. The van der Waals surface area contributed by atoms with E-state index in [-0.39, 0.29) is 5.92 Å². The Bertz CT molecular complexity index is 714. The lowest BCUT2D eigenvalue weighted by molar-refractivity contribution is -0.149. The maximum atomic E-state index is 11.7. The number of hydrogen-bond acceptors (Lipinski definition) is 4. The Labute approximate surface area is 134 Å². The molecule has 0 amide bonds. The van der Waals surface area contributed by atoms with Crippen molar-refractivity contribution in [3.63, 3.8) is 0 Å². The maximum absolute atomic E-state index is 11.7. The van der Waals surface area contributed by atoms with Crippen molar-refractivity contribution in [3.8, 4) is 5.69 Å². The Kier molecular flexibility index (Phi) is 3.41. The van der Waals surface area contributed by atoms with E-state index in [4.69, 9.17) is 0 Å².